The van der Waals surface area contributed by atoms with Crippen LogP contribution in [0.15, 0.2) is 53.5 Å². The van der Waals surface area contributed by atoms with E-state index in [9.17, 15) is 9.59 Å². The SMILES string of the molecule is C=C(Br)C(=O)Nc1ccc(C(=O)/C=C/c2cc(OC)c(OC)c(OC)c2)cc1. The molecule has 28 heavy (non-hydrogen) atoms. The number of nitrogens with one attached hydrogen (secondary N) is 1. The van der Waals surface area contributed by atoms with Gasteiger partial charge in [-0.2, -0.15) is 0 Å². The molecular weight excluding hydrogens is 426 g/mol. The smallest absolute Gasteiger partial charge is 0.262 e. The largest absolute Gasteiger partial charge is 0.493 e. The predicted octanol–water partition coefficient (Wildman–Crippen LogP) is 4.46. The van der Waals surface area contributed by atoms with Crippen LogP contribution in [-0.4, -0.2) is 33.0 Å². The molecule has 1 N–H and O–H groups in total. The fourth-order valence-electron chi connectivity index (χ4n) is 2.38. The van der Waals surface area contributed by atoms with Crippen molar-refractivity contribution in [3.63, 3.8) is 0 Å². The molecule has 0 saturated carbocycles. The van der Waals surface area contributed by atoms with Crippen LogP contribution in [-0.2, 0) is 4.79 Å². The molecule has 2 aromatic rings. The zero-order valence-corrected chi connectivity index (χ0v) is 17.3. The maximum Gasteiger partial charge on any atom is 0.262 e. The average Bonchev–Trinajstić information content (AvgIpc) is 2.71. The Morgan fingerprint density at radius 2 is 1.57 bits per heavy atom. The number of methoxy groups -OCH3 is 3. The third kappa shape index (κ3) is 5.23. The molecule has 0 unspecified atom stereocenters. The van der Waals surface area contributed by atoms with E-state index in [-0.39, 0.29) is 16.2 Å². The third-order valence-electron chi connectivity index (χ3n) is 3.79. The number of rotatable bonds is 8. The molecule has 0 radical (unpaired) electrons. The van der Waals surface area contributed by atoms with Crippen molar-refractivity contribution in [3.05, 3.63) is 64.7 Å². The first-order chi connectivity index (χ1) is 13.4. The van der Waals surface area contributed by atoms with Gasteiger partial charge in [-0.3, -0.25) is 9.59 Å². The van der Waals surface area contributed by atoms with Crippen molar-refractivity contribution in [2.75, 3.05) is 26.6 Å². The molecule has 0 aliphatic carbocycles. The number of anilines is 1. The Morgan fingerprint density at radius 3 is 2.04 bits per heavy atom. The zero-order valence-electron chi connectivity index (χ0n) is 15.7. The van der Waals surface area contributed by atoms with E-state index in [0.29, 0.717) is 28.5 Å². The summed E-state index contributed by atoms with van der Waals surface area (Å²) in [6, 6.07) is 10.1. The fraction of sp³-hybridized carbons (Fsp3) is 0.143. The van der Waals surface area contributed by atoms with Crippen molar-refractivity contribution >= 4 is 39.4 Å². The molecule has 0 heterocycles. The summed E-state index contributed by atoms with van der Waals surface area (Å²) in [7, 11) is 4.58. The molecule has 0 aromatic heterocycles. The molecule has 0 spiro atoms. The molecule has 1 amide bonds. The number of benzene rings is 2. The Labute approximate surface area is 171 Å². The van der Waals surface area contributed by atoms with Crippen LogP contribution in [0.1, 0.15) is 15.9 Å². The molecule has 0 aliphatic heterocycles. The Kier molecular flexibility index (Phi) is 7.40. The molecule has 2 aromatic carbocycles. The highest BCUT2D eigenvalue weighted by molar-refractivity contribution is 9.12. The molecule has 0 atom stereocenters. The highest BCUT2D eigenvalue weighted by Crippen LogP contribution is 2.38. The number of hydrogen-bond acceptors (Lipinski definition) is 5. The van der Waals surface area contributed by atoms with Gasteiger partial charge in [-0.05, 0) is 64.0 Å². The van der Waals surface area contributed by atoms with Crippen LogP contribution < -0.4 is 19.5 Å². The summed E-state index contributed by atoms with van der Waals surface area (Å²) in [4.78, 5) is 24.0. The van der Waals surface area contributed by atoms with Gasteiger partial charge in [-0.25, -0.2) is 0 Å². The van der Waals surface area contributed by atoms with Crippen molar-refractivity contribution in [3.8, 4) is 17.2 Å². The average molecular weight is 446 g/mol. The Bertz CT molecular complexity index is 894. The maximum atomic E-state index is 12.4. The lowest BCUT2D eigenvalue weighted by atomic mass is 10.1. The summed E-state index contributed by atoms with van der Waals surface area (Å²) in [6.45, 7) is 3.50. The summed E-state index contributed by atoms with van der Waals surface area (Å²) in [6.07, 6.45) is 3.12. The topological polar surface area (TPSA) is 73.9 Å². The lowest BCUT2D eigenvalue weighted by Gasteiger charge is -2.12. The Balaban J connectivity index is 2.17. The molecule has 2 rings (SSSR count). The van der Waals surface area contributed by atoms with Gasteiger partial charge in [0.15, 0.2) is 17.3 Å². The van der Waals surface area contributed by atoms with Crippen molar-refractivity contribution in [2.45, 2.75) is 0 Å². The van der Waals surface area contributed by atoms with E-state index in [4.69, 9.17) is 14.2 Å². The van der Waals surface area contributed by atoms with E-state index in [1.807, 2.05) is 0 Å². The highest BCUT2D eigenvalue weighted by Gasteiger charge is 2.12. The summed E-state index contributed by atoms with van der Waals surface area (Å²) >= 11 is 3.01. The van der Waals surface area contributed by atoms with Gasteiger partial charge < -0.3 is 19.5 Å². The van der Waals surface area contributed by atoms with Crippen LogP contribution in [0.4, 0.5) is 5.69 Å². The molecule has 7 heteroatoms. The number of halogens is 1. The van der Waals surface area contributed by atoms with Crippen LogP contribution in [0.25, 0.3) is 6.08 Å². The lowest BCUT2D eigenvalue weighted by Crippen LogP contribution is -2.10. The van der Waals surface area contributed by atoms with Crippen molar-refractivity contribution < 1.29 is 23.8 Å². The van der Waals surface area contributed by atoms with Gasteiger partial charge in [0.25, 0.3) is 5.91 Å². The summed E-state index contributed by atoms with van der Waals surface area (Å²) in [5, 5.41) is 2.65. The number of ketones is 1. The van der Waals surface area contributed by atoms with Crippen molar-refractivity contribution in [1.82, 2.24) is 0 Å². The first-order valence-corrected chi connectivity index (χ1v) is 8.97. The minimum atomic E-state index is -0.346. The predicted molar refractivity (Wildman–Crippen MR) is 113 cm³/mol. The summed E-state index contributed by atoms with van der Waals surface area (Å²) in [5.74, 6) is 0.958. The standard InChI is InChI=1S/C21H20BrNO5/c1-13(22)21(25)23-16-8-6-15(7-9-16)17(24)10-5-14-11-18(26-2)20(28-4)19(12-14)27-3/h5-12H,1H2,2-4H3,(H,23,25)/b10-5+. The summed E-state index contributed by atoms with van der Waals surface area (Å²) < 4.78 is 16.1. The molecule has 0 saturated heterocycles. The van der Waals surface area contributed by atoms with Gasteiger partial charge in [-0.1, -0.05) is 12.7 Å². The minimum Gasteiger partial charge on any atom is -0.493 e. The molecule has 6 nitrogen and oxygen atoms in total. The van der Waals surface area contributed by atoms with Crippen molar-refractivity contribution in [1.29, 1.82) is 0 Å². The van der Waals surface area contributed by atoms with Gasteiger partial charge in [0.05, 0.1) is 25.8 Å². The van der Waals surface area contributed by atoms with Gasteiger partial charge in [0, 0.05) is 11.3 Å². The first kappa shape index (κ1) is 21.2. The number of carbonyl (C=O) groups excluding carboxylic acids is 2. The molecule has 0 aliphatic rings. The highest BCUT2D eigenvalue weighted by atomic mass is 79.9. The van der Waals surface area contributed by atoms with Crippen LogP contribution >= 0.6 is 15.9 Å². The van der Waals surface area contributed by atoms with Gasteiger partial charge in [0.2, 0.25) is 5.75 Å². The Morgan fingerprint density at radius 1 is 1.00 bits per heavy atom. The van der Waals surface area contributed by atoms with Crippen LogP contribution in [0.5, 0.6) is 17.2 Å². The van der Waals surface area contributed by atoms with Crippen LogP contribution in [0.3, 0.4) is 0 Å². The quantitative estimate of drug-likeness (QED) is 0.479. The van der Waals surface area contributed by atoms with Gasteiger partial charge in [0.1, 0.15) is 0 Å². The fourth-order valence-corrected chi connectivity index (χ4v) is 2.48. The number of amides is 1. The van der Waals surface area contributed by atoms with Crippen molar-refractivity contribution in [2.24, 2.45) is 0 Å². The second kappa shape index (κ2) is 9.75. The number of allylic oxidation sites excluding steroid dienone is 1. The molecule has 146 valence electrons. The zero-order chi connectivity index (χ0) is 20.7. The van der Waals surface area contributed by atoms with E-state index in [1.165, 1.54) is 27.4 Å². The van der Waals surface area contributed by atoms with E-state index >= 15 is 0 Å². The van der Waals surface area contributed by atoms with E-state index < -0.39 is 0 Å². The van der Waals surface area contributed by atoms with E-state index in [1.54, 1.807) is 42.5 Å². The minimum absolute atomic E-state index is 0.184. The van der Waals surface area contributed by atoms with E-state index in [2.05, 4.69) is 27.8 Å². The third-order valence-corrected chi connectivity index (χ3v) is 4.15. The second-order valence-electron chi connectivity index (χ2n) is 5.59. The summed E-state index contributed by atoms with van der Waals surface area (Å²) in [5.41, 5.74) is 1.78. The Hall–Kier alpha value is -3.06. The number of hydrogen-bond donors (Lipinski definition) is 1. The van der Waals surface area contributed by atoms with E-state index in [0.717, 1.165) is 5.56 Å². The second-order valence-corrected chi connectivity index (χ2v) is 6.55. The van der Waals surface area contributed by atoms with Crippen LogP contribution in [0, 0.1) is 0 Å². The van der Waals surface area contributed by atoms with Gasteiger partial charge >= 0.3 is 0 Å². The lowest BCUT2D eigenvalue weighted by molar-refractivity contribution is -0.112. The van der Waals surface area contributed by atoms with Crippen LogP contribution in [0.2, 0.25) is 0 Å². The molecule has 0 bridgehead atoms. The monoisotopic (exact) mass is 445 g/mol. The molecule has 0 fully saturated rings. The number of carbonyl (C=O) groups is 2. The normalized spacial score (nSPS) is 10.4. The first-order valence-electron chi connectivity index (χ1n) is 8.17. The number of ether oxygens (including phenoxy) is 3. The van der Waals surface area contributed by atoms with Gasteiger partial charge in [-0.15, -0.1) is 0 Å². The maximum absolute atomic E-state index is 12.4. The molecular formula is C21H20BrNO5.